The molecule has 0 unspecified atom stereocenters. The maximum atomic E-state index is 11.9. The van der Waals surface area contributed by atoms with Crippen molar-refractivity contribution in [1.82, 2.24) is 10.6 Å². The molecule has 0 aliphatic rings. The molecule has 0 aliphatic heterocycles. The monoisotopic (exact) mass is 509 g/mol. The average molecular weight is 510 g/mol. The van der Waals surface area contributed by atoms with Crippen molar-refractivity contribution in [3.05, 3.63) is 95.1 Å². The lowest BCUT2D eigenvalue weighted by atomic mass is 10.2. The number of hydrogen-bond donors (Lipinski definition) is 2. The van der Waals surface area contributed by atoms with Crippen molar-refractivity contribution in [2.45, 2.75) is 58.3 Å². The molecule has 1 aromatic carbocycles. The Labute approximate surface area is 220 Å². The molecule has 0 fully saturated rings. The first-order chi connectivity index (χ1) is 18.0. The number of carbonyl (C=O) groups is 2. The number of non-ortho nitro benzene ring substituents is 1. The minimum atomic E-state index is -0.693. The van der Waals surface area contributed by atoms with Gasteiger partial charge in [0.25, 0.3) is 5.69 Å². The molecule has 0 aliphatic carbocycles. The van der Waals surface area contributed by atoms with Crippen LogP contribution >= 0.6 is 0 Å². The van der Waals surface area contributed by atoms with E-state index in [0.717, 1.165) is 44.9 Å². The summed E-state index contributed by atoms with van der Waals surface area (Å²) in [6.07, 6.45) is 27.7. The molecule has 0 spiro atoms. The second kappa shape index (κ2) is 21.4. The first-order valence-corrected chi connectivity index (χ1v) is 12.7. The number of rotatable bonds is 18. The first kappa shape index (κ1) is 31.1. The van der Waals surface area contributed by atoms with Gasteiger partial charge in [0.1, 0.15) is 5.75 Å². The third kappa shape index (κ3) is 18.1. The van der Waals surface area contributed by atoms with Gasteiger partial charge in [0, 0.05) is 31.6 Å². The summed E-state index contributed by atoms with van der Waals surface area (Å²) in [6, 6.07) is 5.19. The molecule has 0 heterocycles. The largest absolute Gasteiger partial charge is 0.412 e. The number of ether oxygens (including phenoxy) is 1. The molecule has 0 atom stereocenters. The number of unbranched alkanes of at least 4 members (excludes halogenated alkanes) is 1. The van der Waals surface area contributed by atoms with E-state index in [2.05, 4.69) is 78.3 Å². The molecular formula is C29H39N3O5. The van der Waals surface area contributed by atoms with E-state index < -0.39 is 11.0 Å². The fourth-order valence-electron chi connectivity index (χ4n) is 2.98. The van der Waals surface area contributed by atoms with Crippen molar-refractivity contribution in [1.29, 1.82) is 0 Å². The van der Waals surface area contributed by atoms with Crippen LogP contribution in [0.25, 0.3) is 0 Å². The number of nitro benzene ring substituents is 1. The third-order valence-electron chi connectivity index (χ3n) is 4.91. The Hall–Kier alpha value is -3.94. The van der Waals surface area contributed by atoms with Crippen molar-refractivity contribution in [3.8, 4) is 5.75 Å². The van der Waals surface area contributed by atoms with Crippen LogP contribution < -0.4 is 15.4 Å². The molecule has 1 aromatic rings. The molecule has 1 rings (SSSR count). The highest BCUT2D eigenvalue weighted by atomic mass is 16.6. The Morgan fingerprint density at radius 2 is 1.32 bits per heavy atom. The minimum Gasteiger partial charge on any atom is -0.410 e. The van der Waals surface area contributed by atoms with Gasteiger partial charge in [-0.2, -0.15) is 0 Å². The van der Waals surface area contributed by atoms with Gasteiger partial charge < -0.3 is 15.4 Å². The third-order valence-corrected chi connectivity index (χ3v) is 4.91. The van der Waals surface area contributed by atoms with Gasteiger partial charge in [-0.1, -0.05) is 67.7 Å². The smallest absolute Gasteiger partial charge is 0.410 e. The van der Waals surface area contributed by atoms with Gasteiger partial charge >= 0.3 is 6.09 Å². The van der Waals surface area contributed by atoms with E-state index in [1.165, 1.54) is 24.3 Å². The zero-order valence-electron chi connectivity index (χ0n) is 21.6. The molecule has 2 N–H and O–H groups in total. The van der Waals surface area contributed by atoms with Gasteiger partial charge in [0.2, 0.25) is 5.91 Å². The molecule has 37 heavy (non-hydrogen) atoms. The molecule has 0 bridgehead atoms. The van der Waals surface area contributed by atoms with Crippen LogP contribution in [0.3, 0.4) is 0 Å². The fraction of sp³-hybridized carbons (Fsp3) is 0.379. The Morgan fingerprint density at radius 3 is 1.86 bits per heavy atom. The maximum absolute atomic E-state index is 11.9. The Kier molecular flexibility index (Phi) is 17.9. The summed E-state index contributed by atoms with van der Waals surface area (Å²) < 4.78 is 5.02. The maximum Gasteiger partial charge on any atom is 0.412 e. The summed E-state index contributed by atoms with van der Waals surface area (Å²) >= 11 is 0. The van der Waals surface area contributed by atoms with Crippen LogP contribution in [0.4, 0.5) is 10.5 Å². The van der Waals surface area contributed by atoms with Gasteiger partial charge in [-0.3, -0.25) is 14.9 Å². The zero-order valence-corrected chi connectivity index (χ0v) is 21.6. The van der Waals surface area contributed by atoms with E-state index in [-0.39, 0.29) is 30.4 Å². The summed E-state index contributed by atoms with van der Waals surface area (Å²) in [5, 5.41) is 15.9. The lowest BCUT2D eigenvalue weighted by molar-refractivity contribution is -0.384. The van der Waals surface area contributed by atoms with Crippen LogP contribution in [0.2, 0.25) is 0 Å². The molecule has 200 valence electrons. The second-order valence-electron chi connectivity index (χ2n) is 8.02. The van der Waals surface area contributed by atoms with E-state index in [1.807, 2.05) is 0 Å². The van der Waals surface area contributed by atoms with Crippen molar-refractivity contribution in [3.63, 3.8) is 0 Å². The van der Waals surface area contributed by atoms with Gasteiger partial charge in [-0.15, -0.1) is 0 Å². The molecule has 8 nitrogen and oxygen atoms in total. The van der Waals surface area contributed by atoms with Crippen LogP contribution in [0.1, 0.15) is 58.3 Å². The Morgan fingerprint density at radius 1 is 0.811 bits per heavy atom. The van der Waals surface area contributed by atoms with E-state index in [4.69, 9.17) is 4.74 Å². The molecule has 0 aromatic heterocycles. The van der Waals surface area contributed by atoms with Crippen LogP contribution in [0.5, 0.6) is 5.75 Å². The van der Waals surface area contributed by atoms with Crippen molar-refractivity contribution in [2.24, 2.45) is 0 Å². The quantitative estimate of drug-likeness (QED) is 0.0987. The van der Waals surface area contributed by atoms with E-state index >= 15 is 0 Å². The lowest BCUT2D eigenvalue weighted by Gasteiger charge is -2.07. The minimum absolute atomic E-state index is 0.0714. The normalized spacial score (nSPS) is 11.8. The number of nitrogens with zero attached hydrogens (tertiary/aromatic N) is 1. The van der Waals surface area contributed by atoms with Crippen LogP contribution in [-0.4, -0.2) is 30.0 Å². The average Bonchev–Trinajstić information content (AvgIpc) is 2.88. The van der Waals surface area contributed by atoms with Crippen molar-refractivity contribution in [2.75, 3.05) is 13.1 Å². The number of carbonyl (C=O) groups excluding carboxylic acids is 2. The molecule has 0 saturated carbocycles. The Balaban J connectivity index is 1.99. The van der Waals surface area contributed by atoms with E-state index in [0.29, 0.717) is 6.42 Å². The summed E-state index contributed by atoms with van der Waals surface area (Å²) in [6.45, 7) is 2.64. The molecule has 2 amide bonds. The molecule has 0 saturated heterocycles. The highest BCUT2D eigenvalue weighted by Gasteiger charge is 2.08. The first-order valence-electron chi connectivity index (χ1n) is 12.7. The van der Waals surface area contributed by atoms with Gasteiger partial charge in [-0.25, -0.2) is 4.79 Å². The molecule has 0 radical (unpaired) electrons. The van der Waals surface area contributed by atoms with Crippen LogP contribution in [-0.2, 0) is 4.79 Å². The highest BCUT2D eigenvalue weighted by molar-refractivity contribution is 5.76. The van der Waals surface area contributed by atoms with Crippen LogP contribution in [0.15, 0.2) is 85.0 Å². The van der Waals surface area contributed by atoms with E-state index in [1.54, 1.807) is 0 Å². The van der Waals surface area contributed by atoms with Crippen LogP contribution in [0, 0.1) is 10.1 Å². The van der Waals surface area contributed by atoms with Gasteiger partial charge in [0.15, 0.2) is 0 Å². The molecule has 8 heteroatoms. The number of nitrogens with one attached hydrogen (secondary N) is 2. The number of allylic oxidation sites excluding steroid dienone is 10. The zero-order chi connectivity index (χ0) is 27.0. The Bertz CT molecular complexity index is 947. The lowest BCUT2D eigenvalue weighted by Crippen LogP contribution is -2.35. The fourth-order valence-corrected chi connectivity index (χ4v) is 2.98. The predicted molar refractivity (Wildman–Crippen MR) is 148 cm³/mol. The summed E-state index contributed by atoms with van der Waals surface area (Å²) in [4.78, 5) is 33.7. The molecular weight excluding hydrogens is 470 g/mol. The SMILES string of the molecule is CC/C=C\C/C=C\C/C=C\C/C=C\C/C=C\CCCC(=O)NCCNC(=O)Oc1ccc([N+](=O)[O-])cc1. The summed E-state index contributed by atoms with van der Waals surface area (Å²) in [7, 11) is 0. The highest BCUT2D eigenvalue weighted by Crippen LogP contribution is 2.17. The number of hydrogen-bond acceptors (Lipinski definition) is 5. The number of amides is 2. The summed E-state index contributed by atoms with van der Waals surface area (Å²) in [5.41, 5.74) is -0.0863. The summed E-state index contributed by atoms with van der Waals surface area (Å²) in [5.74, 6) is 0.125. The topological polar surface area (TPSA) is 111 Å². The van der Waals surface area contributed by atoms with Gasteiger partial charge in [0.05, 0.1) is 4.92 Å². The standard InChI is InChI=1S/C29H39N3O5/c1-2-3-4-5-6-7-8-9-10-11-12-13-14-15-16-17-18-19-28(33)30-24-25-31-29(34)37-27-22-20-26(21-23-27)32(35)36/h3-4,6-7,9-10,12-13,15-16,20-23H,2,5,8,11,14,17-19,24-25H2,1H3,(H,30,33)(H,31,34)/b4-3-,7-6-,10-9-,13-12-,16-15-. The predicted octanol–water partition coefficient (Wildman–Crippen LogP) is 6.72. The number of benzene rings is 1. The second-order valence-corrected chi connectivity index (χ2v) is 8.02. The van der Waals surface area contributed by atoms with Crippen molar-refractivity contribution < 1.29 is 19.2 Å². The van der Waals surface area contributed by atoms with Gasteiger partial charge in [-0.05, 0) is 57.1 Å². The van der Waals surface area contributed by atoms with Crippen molar-refractivity contribution >= 4 is 17.7 Å². The van der Waals surface area contributed by atoms with E-state index in [9.17, 15) is 19.7 Å². The number of nitro groups is 1.